The maximum atomic E-state index is 2.56. The quantitative estimate of drug-likeness (QED) is 0.173. The molecule has 0 amide bonds. The van der Waals surface area contributed by atoms with Gasteiger partial charge in [-0.3, -0.25) is 0 Å². The maximum absolute atomic E-state index is 2.56. The Morgan fingerprint density at radius 3 is 1.71 bits per heavy atom. The average molecular weight is 760 g/mol. The Morgan fingerprint density at radius 2 is 0.949 bits per heavy atom. The summed E-state index contributed by atoms with van der Waals surface area (Å²) in [6.07, 6.45) is 0. The number of fused-ring (bicyclic) bond motifs is 9. The van der Waals surface area contributed by atoms with Gasteiger partial charge in [-0.2, -0.15) is 0 Å². The Morgan fingerprint density at radius 1 is 0.390 bits per heavy atom. The molecule has 0 bridgehead atoms. The third-order valence-corrected chi connectivity index (χ3v) is 13.8. The van der Waals surface area contributed by atoms with E-state index >= 15 is 0 Å². The summed E-state index contributed by atoms with van der Waals surface area (Å²) in [4.78, 5) is 2.56. The number of benzene rings is 9. The SMILES string of the molecule is CC(C)(C)c1ccc(N(c2ccc3c(c2)-c2cc4ccccc4cc2C3(C)C)c2ccc3ccccc3c2-c2ccc3c(c2)-c2ccccc2C3(C)C)c2ccccc12. The third kappa shape index (κ3) is 5.23. The zero-order valence-corrected chi connectivity index (χ0v) is 35.1. The highest BCUT2D eigenvalue weighted by Gasteiger charge is 2.38. The fourth-order valence-electron chi connectivity index (χ4n) is 10.7. The van der Waals surface area contributed by atoms with Gasteiger partial charge in [-0.15, -0.1) is 0 Å². The van der Waals surface area contributed by atoms with E-state index in [2.05, 4.69) is 223 Å². The second kappa shape index (κ2) is 12.5. The summed E-state index contributed by atoms with van der Waals surface area (Å²) in [6.45, 7) is 16.5. The van der Waals surface area contributed by atoms with Gasteiger partial charge >= 0.3 is 0 Å². The molecule has 286 valence electrons. The van der Waals surface area contributed by atoms with Crippen LogP contribution in [-0.2, 0) is 16.2 Å². The molecule has 1 heteroatoms. The summed E-state index contributed by atoms with van der Waals surface area (Å²) < 4.78 is 0. The molecule has 0 atom stereocenters. The van der Waals surface area contributed by atoms with E-state index in [0.717, 1.165) is 5.69 Å². The first-order valence-corrected chi connectivity index (χ1v) is 21.2. The summed E-state index contributed by atoms with van der Waals surface area (Å²) in [5.41, 5.74) is 18.0. The van der Waals surface area contributed by atoms with Crippen molar-refractivity contribution in [3.05, 3.63) is 198 Å². The summed E-state index contributed by atoms with van der Waals surface area (Å²) in [6, 6.07) is 64.5. The smallest absolute Gasteiger partial charge is 0.0546 e. The average Bonchev–Trinajstić information content (AvgIpc) is 3.60. The molecule has 0 spiro atoms. The Bertz CT molecular complexity index is 3210. The normalized spacial score (nSPS) is 14.6. The highest BCUT2D eigenvalue weighted by molar-refractivity contribution is 6.09. The van der Waals surface area contributed by atoms with E-state index in [1.54, 1.807) is 0 Å². The Hall–Kier alpha value is -6.44. The van der Waals surface area contributed by atoms with Gasteiger partial charge in [0.25, 0.3) is 0 Å². The lowest BCUT2D eigenvalue weighted by Gasteiger charge is -2.32. The van der Waals surface area contributed by atoms with Gasteiger partial charge < -0.3 is 4.90 Å². The van der Waals surface area contributed by atoms with Gasteiger partial charge in [-0.05, 0) is 130 Å². The molecule has 0 radical (unpaired) electrons. The van der Waals surface area contributed by atoms with Crippen LogP contribution in [0.3, 0.4) is 0 Å². The summed E-state index contributed by atoms with van der Waals surface area (Å²) in [7, 11) is 0. The van der Waals surface area contributed by atoms with Crippen molar-refractivity contribution in [3.63, 3.8) is 0 Å². The Balaban J connectivity index is 1.22. The van der Waals surface area contributed by atoms with Crippen molar-refractivity contribution in [1.29, 1.82) is 0 Å². The monoisotopic (exact) mass is 759 g/mol. The number of hydrogen-bond donors (Lipinski definition) is 0. The minimum absolute atomic E-state index is 0.0167. The van der Waals surface area contributed by atoms with Crippen molar-refractivity contribution in [2.24, 2.45) is 0 Å². The fourth-order valence-corrected chi connectivity index (χ4v) is 10.7. The first-order valence-electron chi connectivity index (χ1n) is 21.2. The van der Waals surface area contributed by atoms with Crippen LogP contribution in [0.4, 0.5) is 17.1 Å². The summed E-state index contributed by atoms with van der Waals surface area (Å²) >= 11 is 0. The molecule has 0 unspecified atom stereocenters. The number of hydrogen-bond acceptors (Lipinski definition) is 1. The molecule has 2 aliphatic carbocycles. The molecule has 0 aromatic heterocycles. The van der Waals surface area contributed by atoms with E-state index in [1.807, 2.05) is 0 Å². The molecule has 0 fully saturated rings. The van der Waals surface area contributed by atoms with Crippen LogP contribution in [0.15, 0.2) is 170 Å². The number of anilines is 3. The molecule has 59 heavy (non-hydrogen) atoms. The van der Waals surface area contributed by atoms with Gasteiger partial charge in [0, 0.05) is 27.5 Å². The molecule has 9 aromatic carbocycles. The molecule has 0 aliphatic heterocycles. The highest BCUT2D eigenvalue weighted by Crippen LogP contribution is 2.55. The minimum Gasteiger partial charge on any atom is -0.309 e. The molecule has 9 aromatic rings. The zero-order valence-electron chi connectivity index (χ0n) is 35.1. The van der Waals surface area contributed by atoms with Gasteiger partial charge in [0.15, 0.2) is 0 Å². The van der Waals surface area contributed by atoms with Gasteiger partial charge in [-0.1, -0.05) is 176 Å². The molecular weight excluding hydrogens is 711 g/mol. The topological polar surface area (TPSA) is 3.24 Å². The van der Waals surface area contributed by atoms with Crippen LogP contribution in [0.2, 0.25) is 0 Å². The second-order valence-electron chi connectivity index (χ2n) is 19.0. The lowest BCUT2D eigenvalue weighted by molar-refractivity contribution is 0.596. The highest BCUT2D eigenvalue weighted by atomic mass is 15.1. The second-order valence-corrected chi connectivity index (χ2v) is 19.0. The van der Waals surface area contributed by atoms with Gasteiger partial charge in [0.2, 0.25) is 0 Å². The summed E-state index contributed by atoms with van der Waals surface area (Å²) in [5.74, 6) is 0. The molecule has 0 saturated carbocycles. The lowest BCUT2D eigenvalue weighted by Crippen LogP contribution is -2.16. The van der Waals surface area contributed by atoms with E-state index in [-0.39, 0.29) is 16.2 Å². The molecule has 1 nitrogen and oxygen atoms in total. The van der Waals surface area contributed by atoms with Crippen molar-refractivity contribution in [3.8, 4) is 33.4 Å². The number of nitrogens with zero attached hydrogens (tertiary/aromatic N) is 1. The van der Waals surface area contributed by atoms with Crippen LogP contribution in [0, 0.1) is 0 Å². The largest absolute Gasteiger partial charge is 0.309 e. The van der Waals surface area contributed by atoms with Crippen LogP contribution in [0.25, 0.3) is 65.7 Å². The van der Waals surface area contributed by atoms with E-state index in [1.165, 1.54) is 105 Å². The number of rotatable bonds is 4. The molecule has 0 N–H and O–H groups in total. The van der Waals surface area contributed by atoms with Crippen molar-refractivity contribution in [2.75, 3.05) is 4.90 Å². The van der Waals surface area contributed by atoms with Crippen LogP contribution in [0.1, 0.15) is 76.3 Å². The predicted octanol–water partition coefficient (Wildman–Crippen LogP) is 16.2. The van der Waals surface area contributed by atoms with E-state index in [9.17, 15) is 0 Å². The van der Waals surface area contributed by atoms with Gasteiger partial charge in [-0.25, -0.2) is 0 Å². The van der Waals surface area contributed by atoms with Gasteiger partial charge in [0.05, 0.1) is 11.4 Å². The minimum atomic E-state index is -0.123. The van der Waals surface area contributed by atoms with Crippen molar-refractivity contribution in [2.45, 2.75) is 64.7 Å². The van der Waals surface area contributed by atoms with Crippen molar-refractivity contribution in [1.82, 2.24) is 0 Å². The van der Waals surface area contributed by atoms with Crippen molar-refractivity contribution < 1.29 is 0 Å². The molecular formula is C58H49N. The molecule has 0 heterocycles. The van der Waals surface area contributed by atoms with Gasteiger partial charge in [0.1, 0.15) is 0 Å². The first kappa shape index (κ1) is 35.7. The third-order valence-electron chi connectivity index (χ3n) is 13.8. The summed E-state index contributed by atoms with van der Waals surface area (Å²) in [5, 5.41) is 7.59. The zero-order chi connectivity index (χ0) is 40.4. The maximum Gasteiger partial charge on any atom is 0.0546 e. The van der Waals surface area contributed by atoms with E-state index in [4.69, 9.17) is 0 Å². The van der Waals surface area contributed by atoms with E-state index < -0.39 is 0 Å². The first-order chi connectivity index (χ1) is 28.4. The van der Waals surface area contributed by atoms with E-state index in [0.29, 0.717) is 0 Å². The Kier molecular flexibility index (Phi) is 7.58. The van der Waals surface area contributed by atoms with Crippen LogP contribution < -0.4 is 4.90 Å². The van der Waals surface area contributed by atoms with Crippen molar-refractivity contribution >= 4 is 49.4 Å². The standard InChI is InChI=1S/C58H49N/c1-56(2,3)48-29-31-53(44-22-13-12-20-42(44)48)59(40-26-28-51-47(35-40)46-32-37-17-8-9-18-38(37)34-52(46)58(51,6)7)54-30-25-36-16-10-11-19-41(36)55(54)39-24-27-50-45(33-39)43-21-14-15-23-49(43)57(50,4)5/h8-35H,1-7H3. The van der Waals surface area contributed by atoms with Crippen LogP contribution in [0.5, 0.6) is 0 Å². The fraction of sp³-hybridized carbons (Fsp3) is 0.172. The lowest BCUT2D eigenvalue weighted by atomic mass is 9.81. The molecule has 11 rings (SSSR count). The predicted molar refractivity (Wildman–Crippen MR) is 253 cm³/mol. The Labute approximate surface area is 348 Å². The van der Waals surface area contributed by atoms with Crippen LogP contribution in [-0.4, -0.2) is 0 Å². The molecule has 2 aliphatic rings. The molecule has 0 saturated heterocycles. The van der Waals surface area contributed by atoms with Crippen LogP contribution >= 0.6 is 0 Å².